The van der Waals surface area contributed by atoms with E-state index >= 15 is 0 Å². The average Bonchev–Trinajstić information content (AvgIpc) is 2.50. The van der Waals surface area contributed by atoms with Gasteiger partial charge >= 0.3 is 0 Å². The summed E-state index contributed by atoms with van der Waals surface area (Å²) in [6, 6.07) is 10.7. The van der Waals surface area contributed by atoms with Crippen molar-refractivity contribution in [2.24, 2.45) is 5.84 Å². The molecule has 1 heterocycles. The van der Waals surface area contributed by atoms with Gasteiger partial charge in [-0.3, -0.25) is 16.3 Å². The molecule has 0 saturated carbocycles. The largest absolute Gasteiger partial charge is 0.271 e. The summed E-state index contributed by atoms with van der Waals surface area (Å²) in [6.07, 6.45) is 9.37. The fourth-order valence-electron chi connectivity index (χ4n) is 2.60. The zero-order valence-corrected chi connectivity index (χ0v) is 12.3. The van der Waals surface area contributed by atoms with E-state index in [1.54, 1.807) is 0 Å². The van der Waals surface area contributed by atoms with Crippen LogP contribution in [0.3, 0.4) is 0 Å². The average molecular weight is 271 g/mol. The predicted octanol–water partition coefficient (Wildman–Crippen LogP) is 4.10. The lowest BCUT2D eigenvalue weighted by Gasteiger charge is -2.16. The van der Waals surface area contributed by atoms with Crippen molar-refractivity contribution in [3.05, 3.63) is 42.1 Å². The lowest BCUT2D eigenvalue weighted by molar-refractivity contribution is 0.479. The fraction of sp³-hybridized carbons (Fsp3) is 0.471. The van der Waals surface area contributed by atoms with Crippen LogP contribution in [0.5, 0.6) is 0 Å². The molecule has 1 atom stereocenters. The second-order valence-electron chi connectivity index (χ2n) is 5.38. The minimum Gasteiger partial charge on any atom is -0.271 e. The zero-order valence-electron chi connectivity index (χ0n) is 12.3. The summed E-state index contributed by atoms with van der Waals surface area (Å²) >= 11 is 0. The molecular weight excluding hydrogens is 246 g/mol. The van der Waals surface area contributed by atoms with E-state index in [0.717, 1.165) is 11.9 Å². The topological polar surface area (TPSA) is 50.9 Å². The lowest BCUT2D eigenvalue weighted by atomic mass is 9.99. The van der Waals surface area contributed by atoms with Gasteiger partial charge in [-0.15, -0.1) is 0 Å². The standard InChI is InChI=1S/C17H25N3/c1-2-3-4-5-6-9-16(20-18)15-11-10-14-8-7-12-19-17(14)13-15/h7-8,10-13,16,20H,2-6,9,18H2,1H3. The fourth-order valence-corrected chi connectivity index (χ4v) is 2.60. The number of nitrogens with one attached hydrogen (secondary N) is 1. The van der Waals surface area contributed by atoms with E-state index in [0.29, 0.717) is 0 Å². The Labute approximate surface area is 121 Å². The van der Waals surface area contributed by atoms with E-state index < -0.39 is 0 Å². The van der Waals surface area contributed by atoms with E-state index in [9.17, 15) is 0 Å². The summed E-state index contributed by atoms with van der Waals surface area (Å²) in [5, 5.41) is 1.18. The third kappa shape index (κ3) is 4.02. The molecule has 0 aliphatic heterocycles. The van der Waals surface area contributed by atoms with Gasteiger partial charge in [-0.05, 0) is 24.1 Å². The first-order chi connectivity index (χ1) is 9.85. The molecule has 108 valence electrons. The number of nitrogens with zero attached hydrogens (tertiary/aromatic N) is 1. The molecule has 1 aromatic heterocycles. The normalized spacial score (nSPS) is 12.7. The molecule has 20 heavy (non-hydrogen) atoms. The summed E-state index contributed by atoms with van der Waals surface area (Å²) in [5.74, 6) is 5.72. The highest BCUT2D eigenvalue weighted by molar-refractivity contribution is 5.78. The van der Waals surface area contributed by atoms with Gasteiger partial charge in [-0.2, -0.15) is 0 Å². The lowest BCUT2D eigenvalue weighted by Crippen LogP contribution is -2.28. The van der Waals surface area contributed by atoms with Crippen molar-refractivity contribution in [1.29, 1.82) is 0 Å². The number of aromatic nitrogens is 1. The van der Waals surface area contributed by atoms with E-state index in [1.807, 2.05) is 12.3 Å². The third-order valence-electron chi connectivity index (χ3n) is 3.83. The van der Waals surface area contributed by atoms with Gasteiger partial charge in [0.1, 0.15) is 0 Å². The predicted molar refractivity (Wildman–Crippen MR) is 85.2 cm³/mol. The molecule has 3 N–H and O–H groups in total. The van der Waals surface area contributed by atoms with Gasteiger partial charge in [0, 0.05) is 17.6 Å². The quantitative estimate of drug-likeness (QED) is 0.432. The summed E-state index contributed by atoms with van der Waals surface area (Å²) in [7, 11) is 0. The maximum atomic E-state index is 5.72. The molecule has 3 heteroatoms. The summed E-state index contributed by atoms with van der Waals surface area (Å²) < 4.78 is 0. The number of nitrogens with two attached hydrogens (primary N) is 1. The molecule has 0 radical (unpaired) electrons. The number of pyridine rings is 1. The maximum absolute atomic E-state index is 5.72. The minimum atomic E-state index is 0.225. The summed E-state index contributed by atoms with van der Waals surface area (Å²) in [4.78, 5) is 4.41. The molecular formula is C17H25N3. The van der Waals surface area contributed by atoms with E-state index in [-0.39, 0.29) is 6.04 Å². The summed E-state index contributed by atoms with van der Waals surface area (Å²) in [6.45, 7) is 2.24. The molecule has 0 aliphatic rings. The second-order valence-corrected chi connectivity index (χ2v) is 5.38. The van der Waals surface area contributed by atoms with Crippen molar-refractivity contribution in [3.8, 4) is 0 Å². The van der Waals surface area contributed by atoms with Crippen LogP contribution in [-0.4, -0.2) is 4.98 Å². The molecule has 0 amide bonds. The van der Waals surface area contributed by atoms with E-state index in [1.165, 1.54) is 43.1 Å². The first kappa shape index (κ1) is 14.9. The highest BCUT2D eigenvalue weighted by atomic mass is 15.2. The Bertz CT molecular complexity index is 524. The highest BCUT2D eigenvalue weighted by Crippen LogP contribution is 2.23. The maximum Gasteiger partial charge on any atom is 0.0705 e. The Morgan fingerprint density at radius 3 is 2.80 bits per heavy atom. The number of fused-ring (bicyclic) bond motifs is 1. The molecule has 1 unspecified atom stereocenters. The third-order valence-corrected chi connectivity index (χ3v) is 3.83. The van der Waals surface area contributed by atoms with E-state index in [4.69, 9.17) is 5.84 Å². The van der Waals surface area contributed by atoms with Crippen molar-refractivity contribution in [2.75, 3.05) is 0 Å². The molecule has 0 aliphatic carbocycles. The Balaban J connectivity index is 1.98. The van der Waals surface area contributed by atoms with Crippen LogP contribution in [0, 0.1) is 0 Å². The first-order valence-corrected chi connectivity index (χ1v) is 7.66. The van der Waals surface area contributed by atoms with Crippen LogP contribution < -0.4 is 11.3 Å². The van der Waals surface area contributed by atoms with Crippen molar-refractivity contribution in [3.63, 3.8) is 0 Å². The van der Waals surface area contributed by atoms with Crippen molar-refractivity contribution < 1.29 is 0 Å². The number of benzene rings is 1. The number of unbranched alkanes of at least 4 members (excludes halogenated alkanes) is 4. The minimum absolute atomic E-state index is 0.225. The van der Waals surface area contributed by atoms with Gasteiger partial charge in [0.15, 0.2) is 0 Å². The van der Waals surface area contributed by atoms with Crippen LogP contribution in [0.4, 0.5) is 0 Å². The molecule has 2 aromatic rings. The highest BCUT2D eigenvalue weighted by Gasteiger charge is 2.10. The monoisotopic (exact) mass is 271 g/mol. The molecule has 0 saturated heterocycles. The van der Waals surface area contributed by atoms with Gasteiger partial charge in [0.05, 0.1) is 5.52 Å². The molecule has 0 bridgehead atoms. The molecule has 2 rings (SSSR count). The van der Waals surface area contributed by atoms with Crippen LogP contribution in [0.2, 0.25) is 0 Å². The zero-order chi connectivity index (χ0) is 14.2. The van der Waals surface area contributed by atoms with Crippen molar-refractivity contribution in [1.82, 2.24) is 10.4 Å². The molecule has 0 fully saturated rings. The molecule has 3 nitrogen and oxygen atoms in total. The number of hydrazine groups is 1. The van der Waals surface area contributed by atoms with Gasteiger partial charge in [0.25, 0.3) is 0 Å². The number of hydrogen-bond donors (Lipinski definition) is 2. The number of hydrogen-bond acceptors (Lipinski definition) is 3. The van der Waals surface area contributed by atoms with Crippen molar-refractivity contribution >= 4 is 10.9 Å². The first-order valence-electron chi connectivity index (χ1n) is 7.66. The SMILES string of the molecule is CCCCCCCC(NN)c1ccc2cccnc2c1. The van der Waals surface area contributed by atoms with Crippen LogP contribution in [0.1, 0.15) is 57.1 Å². The Hall–Kier alpha value is -1.45. The Kier molecular flexibility index (Phi) is 5.96. The van der Waals surface area contributed by atoms with Crippen LogP contribution in [-0.2, 0) is 0 Å². The van der Waals surface area contributed by atoms with Gasteiger partial charge < -0.3 is 0 Å². The molecule has 0 spiro atoms. The van der Waals surface area contributed by atoms with Crippen LogP contribution in [0.15, 0.2) is 36.5 Å². The van der Waals surface area contributed by atoms with Gasteiger partial charge in [-0.1, -0.05) is 57.2 Å². The Morgan fingerprint density at radius 1 is 1.15 bits per heavy atom. The van der Waals surface area contributed by atoms with Gasteiger partial charge in [0.2, 0.25) is 0 Å². The molecule has 1 aromatic carbocycles. The van der Waals surface area contributed by atoms with Crippen LogP contribution >= 0.6 is 0 Å². The summed E-state index contributed by atoms with van der Waals surface area (Å²) in [5.41, 5.74) is 5.22. The Morgan fingerprint density at radius 2 is 2.00 bits per heavy atom. The van der Waals surface area contributed by atoms with Gasteiger partial charge in [-0.25, -0.2) is 0 Å². The van der Waals surface area contributed by atoms with Crippen molar-refractivity contribution in [2.45, 2.75) is 51.5 Å². The second kappa shape index (κ2) is 7.98. The van der Waals surface area contributed by atoms with E-state index in [2.05, 4.69) is 41.6 Å². The van der Waals surface area contributed by atoms with Crippen LogP contribution in [0.25, 0.3) is 10.9 Å². The number of rotatable bonds is 8. The smallest absolute Gasteiger partial charge is 0.0705 e.